The van der Waals surface area contributed by atoms with Crippen LogP contribution in [0.2, 0.25) is 0 Å². The standard InChI is InChI=1S/C14H18N2O3/c17-13-9-11(14(18)19)10-16(13)8-4-2-6-12-5-1-3-7-15-12/h1,3,5,7,11H,2,4,6,8-10H2,(H,18,19)/t11-/m1/s1. The molecule has 0 bridgehead atoms. The normalized spacial score (nSPS) is 18.8. The second kappa shape index (κ2) is 6.31. The van der Waals surface area contributed by atoms with Crippen LogP contribution in [-0.2, 0) is 16.0 Å². The van der Waals surface area contributed by atoms with Crippen molar-refractivity contribution in [1.29, 1.82) is 0 Å². The molecule has 2 rings (SSSR count). The molecule has 1 N–H and O–H groups in total. The monoisotopic (exact) mass is 262 g/mol. The van der Waals surface area contributed by atoms with Gasteiger partial charge in [0.15, 0.2) is 0 Å². The van der Waals surface area contributed by atoms with Crippen LogP contribution in [0.3, 0.4) is 0 Å². The first-order chi connectivity index (χ1) is 9.16. The smallest absolute Gasteiger partial charge is 0.308 e. The van der Waals surface area contributed by atoms with Crippen LogP contribution >= 0.6 is 0 Å². The molecule has 0 saturated carbocycles. The number of nitrogens with zero attached hydrogens (tertiary/aromatic N) is 2. The highest BCUT2D eigenvalue weighted by molar-refractivity contribution is 5.86. The molecule has 1 aliphatic rings. The Morgan fingerprint density at radius 1 is 1.42 bits per heavy atom. The maximum Gasteiger partial charge on any atom is 0.308 e. The Morgan fingerprint density at radius 2 is 2.26 bits per heavy atom. The number of aliphatic carboxylic acids is 1. The molecule has 1 amide bonds. The molecule has 1 atom stereocenters. The number of carbonyl (C=O) groups excluding carboxylic acids is 1. The van der Waals surface area contributed by atoms with Crippen LogP contribution in [0.25, 0.3) is 0 Å². The molecule has 5 heteroatoms. The van der Waals surface area contributed by atoms with Gasteiger partial charge in [0, 0.05) is 31.4 Å². The summed E-state index contributed by atoms with van der Waals surface area (Å²) in [5.74, 6) is -1.43. The molecule has 1 fully saturated rings. The van der Waals surface area contributed by atoms with Gasteiger partial charge in [0.25, 0.3) is 0 Å². The molecule has 102 valence electrons. The van der Waals surface area contributed by atoms with Crippen LogP contribution in [0.4, 0.5) is 0 Å². The van der Waals surface area contributed by atoms with Crippen molar-refractivity contribution in [2.24, 2.45) is 5.92 Å². The predicted molar refractivity (Wildman–Crippen MR) is 69.5 cm³/mol. The maximum absolute atomic E-state index is 11.6. The molecule has 1 saturated heterocycles. The summed E-state index contributed by atoms with van der Waals surface area (Å²) in [4.78, 5) is 28.3. The molecule has 1 aliphatic heterocycles. The first-order valence-electron chi connectivity index (χ1n) is 6.57. The second-order valence-electron chi connectivity index (χ2n) is 4.86. The minimum absolute atomic E-state index is 0.0368. The van der Waals surface area contributed by atoms with Gasteiger partial charge in [-0.2, -0.15) is 0 Å². The number of carboxylic acid groups (broad SMARTS) is 1. The highest BCUT2D eigenvalue weighted by Crippen LogP contribution is 2.18. The van der Waals surface area contributed by atoms with Crippen LogP contribution < -0.4 is 0 Å². The molecule has 0 radical (unpaired) electrons. The number of amides is 1. The lowest BCUT2D eigenvalue weighted by Crippen LogP contribution is -2.27. The average Bonchev–Trinajstić information content (AvgIpc) is 2.78. The fraction of sp³-hybridized carbons (Fsp3) is 0.500. The first-order valence-corrected chi connectivity index (χ1v) is 6.57. The van der Waals surface area contributed by atoms with Gasteiger partial charge in [-0.05, 0) is 31.4 Å². The Hall–Kier alpha value is -1.91. The van der Waals surface area contributed by atoms with E-state index in [2.05, 4.69) is 4.98 Å². The highest BCUT2D eigenvalue weighted by Gasteiger charge is 2.33. The predicted octanol–water partition coefficient (Wildman–Crippen LogP) is 1.34. The first kappa shape index (κ1) is 13.5. The van der Waals surface area contributed by atoms with Gasteiger partial charge in [-0.15, -0.1) is 0 Å². The Kier molecular flexibility index (Phi) is 4.49. The molecule has 0 spiro atoms. The summed E-state index contributed by atoms with van der Waals surface area (Å²) in [5.41, 5.74) is 1.05. The third-order valence-corrected chi connectivity index (χ3v) is 3.40. The molecular weight excluding hydrogens is 244 g/mol. The largest absolute Gasteiger partial charge is 0.481 e. The number of hydrogen-bond acceptors (Lipinski definition) is 3. The minimum atomic E-state index is -0.871. The summed E-state index contributed by atoms with van der Waals surface area (Å²) < 4.78 is 0. The molecule has 19 heavy (non-hydrogen) atoms. The average molecular weight is 262 g/mol. The van der Waals surface area contributed by atoms with Crippen LogP contribution in [-0.4, -0.2) is 40.0 Å². The van der Waals surface area contributed by atoms with Gasteiger partial charge < -0.3 is 10.0 Å². The Labute approximate surface area is 112 Å². The topological polar surface area (TPSA) is 70.5 Å². The molecule has 1 aromatic rings. The van der Waals surface area contributed by atoms with E-state index in [4.69, 9.17) is 5.11 Å². The zero-order chi connectivity index (χ0) is 13.7. The zero-order valence-corrected chi connectivity index (χ0v) is 10.8. The van der Waals surface area contributed by atoms with E-state index in [0.717, 1.165) is 25.0 Å². The van der Waals surface area contributed by atoms with Crippen LogP contribution in [0, 0.1) is 5.92 Å². The van der Waals surface area contributed by atoms with Crippen molar-refractivity contribution < 1.29 is 14.7 Å². The van der Waals surface area contributed by atoms with Crippen LogP contribution in [0.15, 0.2) is 24.4 Å². The molecule has 0 unspecified atom stereocenters. The van der Waals surface area contributed by atoms with Crippen molar-refractivity contribution in [3.8, 4) is 0 Å². The van der Waals surface area contributed by atoms with Gasteiger partial charge in [0.05, 0.1) is 5.92 Å². The summed E-state index contributed by atoms with van der Waals surface area (Å²) in [6.07, 6.45) is 4.66. The zero-order valence-electron chi connectivity index (χ0n) is 10.8. The highest BCUT2D eigenvalue weighted by atomic mass is 16.4. The van der Waals surface area contributed by atoms with Gasteiger partial charge in [-0.25, -0.2) is 0 Å². The molecule has 5 nitrogen and oxygen atoms in total. The van der Waals surface area contributed by atoms with E-state index in [1.165, 1.54) is 0 Å². The molecular formula is C14H18N2O3. The second-order valence-corrected chi connectivity index (χ2v) is 4.86. The van der Waals surface area contributed by atoms with E-state index >= 15 is 0 Å². The molecule has 0 aromatic carbocycles. The van der Waals surface area contributed by atoms with Gasteiger partial charge in [0.2, 0.25) is 5.91 Å². The van der Waals surface area contributed by atoms with E-state index in [9.17, 15) is 9.59 Å². The number of pyridine rings is 1. The van der Waals surface area contributed by atoms with Crippen molar-refractivity contribution in [2.45, 2.75) is 25.7 Å². The van der Waals surface area contributed by atoms with E-state index in [1.807, 2.05) is 18.2 Å². The Balaban J connectivity index is 1.69. The van der Waals surface area contributed by atoms with Crippen LogP contribution in [0.1, 0.15) is 25.0 Å². The number of aromatic nitrogens is 1. The number of aryl methyl sites for hydroxylation is 1. The molecule has 1 aromatic heterocycles. The number of hydrogen-bond donors (Lipinski definition) is 1. The Bertz CT molecular complexity index is 447. The van der Waals surface area contributed by atoms with Gasteiger partial charge in [-0.1, -0.05) is 6.07 Å². The lowest BCUT2D eigenvalue weighted by atomic mass is 10.1. The Morgan fingerprint density at radius 3 is 2.89 bits per heavy atom. The number of likely N-dealkylation sites (tertiary alicyclic amines) is 1. The molecule has 2 heterocycles. The van der Waals surface area contributed by atoms with Crippen molar-refractivity contribution in [3.63, 3.8) is 0 Å². The van der Waals surface area contributed by atoms with E-state index < -0.39 is 11.9 Å². The quantitative estimate of drug-likeness (QED) is 0.785. The van der Waals surface area contributed by atoms with Crippen molar-refractivity contribution in [1.82, 2.24) is 9.88 Å². The third kappa shape index (κ3) is 3.77. The van der Waals surface area contributed by atoms with Gasteiger partial charge in [0.1, 0.15) is 0 Å². The molecule has 0 aliphatic carbocycles. The van der Waals surface area contributed by atoms with Crippen LogP contribution in [0.5, 0.6) is 0 Å². The maximum atomic E-state index is 11.6. The number of carboxylic acids is 1. The van der Waals surface area contributed by atoms with E-state index in [-0.39, 0.29) is 12.3 Å². The third-order valence-electron chi connectivity index (χ3n) is 3.40. The summed E-state index contributed by atoms with van der Waals surface area (Å²) in [5, 5.41) is 8.88. The fourth-order valence-electron chi connectivity index (χ4n) is 2.31. The summed E-state index contributed by atoms with van der Waals surface area (Å²) in [6, 6.07) is 5.84. The lowest BCUT2D eigenvalue weighted by molar-refractivity contribution is -0.141. The van der Waals surface area contributed by atoms with Crippen molar-refractivity contribution in [2.75, 3.05) is 13.1 Å². The van der Waals surface area contributed by atoms with Gasteiger partial charge >= 0.3 is 5.97 Å². The summed E-state index contributed by atoms with van der Waals surface area (Å²) in [7, 11) is 0. The number of unbranched alkanes of at least 4 members (excludes halogenated alkanes) is 1. The van der Waals surface area contributed by atoms with Gasteiger partial charge in [-0.3, -0.25) is 14.6 Å². The number of carbonyl (C=O) groups is 2. The number of rotatable bonds is 6. The van der Waals surface area contributed by atoms with E-state index in [0.29, 0.717) is 13.1 Å². The fourth-order valence-corrected chi connectivity index (χ4v) is 2.31. The lowest BCUT2D eigenvalue weighted by Gasteiger charge is -2.15. The van der Waals surface area contributed by atoms with Crippen molar-refractivity contribution in [3.05, 3.63) is 30.1 Å². The van der Waals surface area contributed by atoms with Crippen molar-refractivity contribution >= 4 is 11.9 Å². The SMILES string of the molecule is O=C(O)[C@@H]1CC(=O)N(CCCCc2ccccn2)C1. The summed E-state index contributed by atoms with van der Waals surface area (Å²) >= 11 is 0. The van der Waals surface area contributed by atoms with E-state index in [1.54, 1.807) is 11.1 Å². The minimum Gasteiger partial charge on any atom is -0.481 e. The summed E-state index contributed by atoms with van der Waals surface area (Å²) in [6.45, 7) is 1.01.